The number of rotatable bonds is 6. The predicted octanol–water partition coefficient (Wildman–Crippen LogP) is 1.80. The fourth-order valence-corrected chi connectivity index (χ4v) is 2.75. The second kappa shape index (κ2) is 7.81. The molecule has 3 rings (SSSR count). The molecule has 2 aromatic carbocycles. The number of fused-ring (bicyclic) bond motifs is 1. The van der Waals surface area contributed by atoms with E-state index in [1.807, 2.05) is 36.4 Å². The van der Waals surface area contributed by atoms with E-state index in [-0.39, 0.29) is 25.0 Å². The smallest absolute Gasteiger partial charge is 0.258 e. The van der Waals surface area contributed by atoms with E-state index in [0.717, 1.165) is 16.8 Å². The van der Waals surface area contributed by atoms with E-state index in [0.29, 0.717) is 18.6 Å². The number of benzene rings is 2. The second-order valence-corrected chi connectivity index (χ2v) is 5.87. The lowest BCUT2D eigenvalue weighted by atomic mass is 10.0. The molecule has 1 aliphatic rings. The van der Waals surface area contributed by atoms with Gasteiger partial charge in [-0.2, -0.15) is 0 Å². The third-order valence-corrected chi connectivity index (χ3v) is 4.07. The zero-order valence-corrected chi connectivity index (χ0v) is 13.7. The summed E-state index contributed by atoms with van der Waals surface area (Å²) in [5.41, 5.74) is 2.61. The summed E-state index contributed by atoms with van der Waals surface area (Å²) in [6, 6.07) is 14.2. The van der Waals surface area contributed by atoms with Gasteiger partial charge >= 0.3 is 0 Å². The molecule has 6 nitrogen and oxygen atoms in total. The molecule has 1 atom stereocenters. The van der Waals surface area contributed by atoms with Crippen LogP contribution in [0.25, 0.3) is 0 Å². The summed E-state index contributed by atoms with van der Waals surface area (Å²) in [6.45, 7) is -0.364. The number of nitrogens with one attached hydrogen (secondary N) is 2. The molecule has 0 spiro atoms. The maximum Gasteiger partial charge on any atom is 0.258 e. The predicted molar refractivity (Wildman–Crippen MR) is 93.3 cm³/mol. The van der Waals surface area contributed by atoms with Crippen LogP contribution in [-0.4, -0.2) is 30.1 Å². The van der Waals surface area contributed by atoms with E-state index in [1.54, 1.807) is 12.1 Å². The minimum Gasteiger partial charge on any atom is -0.484 e. The number of ether oxygens (including phenoxy) is 1. The highest BCUT2D eigenvalue weighted by atomic mass is 16.5. The monoisotopic (exact) mass is 340 g/mol. The van der Waals surface area contributed by atoms with Crippen molar-refractivity contribution in [2.75, 3.05) is 18.5 Å². The van der Waals surface area contributed by atoms with E-state index in [2.05, 4.69) is 10.6 Å². The van der Waals surface area contributed by atoms with E-state index < -0.39 is 6.04 Å². The first-order chi connectivity index (χ1) is 12.2. The average molecular weight is 340 g/mol. The Morgan fingerprint density at radius 1 is 1.20 bits per heavy atom. The first kappa shape index (κ1) is 17.0. The van der Waals surface area contributed by atoms with Gasteiger partial charge in [-0.05, 0) is 23.6 Å². The van der Waals surface area contributed by atoms with E-state index in [1.165, 1.54) is 0 Å². The Morgan fingerprint density at radius 2 is 2.00 bits per heavy atom. The average Bonchev–Trinajstić information content (AvgIpc) is 2.64. The molecule has 0 aliphatic carbocycles. The number of aryl methyl sites for hydroxylation is 1. The van der Waals surface area contributed by atoms with Gasteiger partial charge in [-0.15, -0.1) is 0 Å². The van der Waals surface area contributed by atoms with Gasteiger partial charge in [0.25, 0.3) is 5.91 Å². The minimum absolute atomic E-state index is 0.0176. The summed E-state index contributed by atoms with van der Waals surface area (Å²) in [5, 5.41) is 15.0. The van der Waals surface area contributed by atoms with Crippen LogP contribution in [-0.2, 0) is 16.0 Å². The summed E-state index contributed by atoms with van der Waals surface area (Å²) in [4.78, 5) is 23.5. The summed E-state index contributed by atoms with van der Waals surface area (Å²) in [5.74, 6) is 0.164. The number of amides is 2. The van der Waals surface area contributed by atoms with Gasteiger partial charge in [-0.3, -0.25) is 9.59 Å². The summed E-state index contributed by atoms with van der Waals surface area (Å²) < 4.78 is 5.51. The van der Waals surface area contributed by atoms with Crippen LogP contribution in [0.4, 0.5) is 5.69 Å². The number of aliphatic hydroxyl groups is 1. The van der Waals surface area contributed by atoms with Crippen LogP contribution in [0.2, 0.25) is 0 Å². The molecule has 2 amide bonds. The molecule has 2 aromatic rings. The Kier molecular flexibility index (Phi) is 5.30. The lowest BCUT2D eigenvalue weighted by molar-refractivity contribution is -0.124. The number of hydrogen-bond acceptors (Lipinski definition) is 4. The molecule has 1 heterocycles. The summed E-state index contributed by atoms with van der Waals surface area (Å²) in [6.07, 6.45) is 1.19. The second-order valence-electron chi connectivity index (χ2n) is 5.87. The lowest BCUT2D eigenvalue weighted by Crippen LogP contribution is -2.34. The Balaban J connectivity index is 1.57. The molecule has 0 saturated heterocycles. The van der Waals surface area contributed by atoms with Gasteiger partial charge in [0.2, 0.25) is 5.91 Å². The Morgan fingerprint density at radius 3 is 2.76 bits per heavy atom. The first-order valence-corrected chi connectivity index (χ1v) is 8.16. The maximum atomic E-state index is 12.1. The van der Waals surface area contributed by atoms with Gasteiger partial charge in [0, 0.05) is 18.2 Å². The topological polar surface area (TPSA) is 87.7 Å². The van der Waals surface area contributed by atoms with Crippen LogP contribution in [0.15, 0.2) is 48.5 Å². The van der Waals surface area contributed by atoms with Gasteiger partial charge in [0.15, 0.2) is 6.61 Å². The van der Waals surface area contributed by atoms with Crippen molar-refractivity contribution in [3.63, 3.8) is 0 Å². The molecule has 1 aliphatic heterocycles. The zero-order valence-electron chi connectivity index (χ0n) is 13.7. The summed E-state index contributed by atoms with van der Waals surface area (Å²) >= 11 is 0. The van der Waals surface area contributed by atoms with Crippen molar-refractivity contribution >= 4 is 17.5 Å². The molecule has 0 bridgehead atoms. The van der Waals surface area contributed by atoms with Gasteiger partial charge in [0.05, 0.1) is 12.6 Å². The van der Waals surface area contributed by atoms with Crippen molar-refractivity contribution in [3.05, 3.63) is 59.7 Å². The Labute approximate surface area is 145 Å². The highest BCUT2D eigenvalue weighted by molar-refractivity contribution is 5.94. The van der Waals surface area contributed by atoms with Crippen LogP contribution in [0, 0.1) is 0 Å². The molecule has 0 aromatic heterocycles. The van der Waals surface area contributed by atoms with Crippen molar-refractivity contribution in [3.8, 4) is 5.75 Å². The SMILES string of the molecule is O=C1CCc2ccc(OCC(=O)N[C@H](CO)c3ccccc3)cc2N1. The number of aliphatic hydroxyl groups excluding tert-OH is 1. The highest BCUT2D eigenvalue weighted by Crippen LogP contribution is 2.27. The third kappa shape index (κ3) is 4.36. The van der Waals surface area contributed by atoms with E-state index >= 15 is 0 Å². The Bertz CT molecular complexity index is 761. The fourth-order valence-electron chi connectivity index (χ4n) is 2.75. The lowest BCUT2D eigenvalue weighted by Gasteiger charge is -2.19. The maximum absolute atomic E-state index is 12.1. The van der Waals surface area contributed by atoms with Crippen LogP contribution < -0.4 is 15.4 Å². The number of anilines is 1. The van der Waals surface area contributed by atoms with Crippen LogP contribution >= 0.6 is 0 Å². The third-order valence-electron chi connectivity index (χ3n) is 4.07. The molecular weight excluding hydrogens is 320 g/mol. The van der Waals surface area contributed by atoms with Crippen LogP contribution in [0.3, 0.4) is 0 Å². The largest absolute Gasteiger partial charge is 0.484 e. The molecule has 0 fully saturated rings. The van der Waals surface area contributed by atoms with E-state index in [4.69, 9.17) is 4.74 Å². The highest BCUT2D eigenvalue weighted by Gasteiger charge is 2.16. The summed E-state index contributed by atoms with van der Waals surface area (Å²) in [7, 11) is 0. The molecule has 0 unspecified atom stereocenters. The van der Waals surface area contributed by atoms with Gasteiger partial charge < -0.3 is 20.5 Å². The molecule has 6 heteroatoms. The molecule has 25 heavy (non-hydrogen) atoms. The van der Waals surface area contributed by atoms with Crippen molar-refractivity contribution in [1.29, 1.82) is 0 Å². The Hall–Kier alpha value is -2.86. The molecule has 0 radical (unpaired) electrons. The van der Waals surface area contributed by atoms with Crippen molar-refractivity contribution in [2.45, 2.75) is 18.9 Å². The van der Waals surface area contributed by atoms with Gasteiger partial charge in [-0.1, -0.05) is 36.4 Å². The quantitative estimate of drug-likeness (QED) is 0.748. The van der Waals surface area contributed by atoms with Gasteiger partial charge in [0.1, 0.15) is 5.75 Å². The minimum atomic E-state index is -0.472. The fraction of sp³-hybridized carbons (Fsp3) is 0.263. The number of carbonyl (C=O) groups is 2. The van der Waals surface area contributed by atoms with Gasteiger partial charge in [-0.25, -0.2) is 0 Å². The first-order valence-electron chi connectivity index (χ1n) is 8.16. The normalized spacial score (nSPS) is 14.2. The molecule has 130 valence electrons. The number of carbonyl (C=O) groups excluding carboxylic acids is 2. The van der Waals surface area contributed by atoms with Crippen molar-refractivity contribution in [1.82, 2.24) is 5.32 Å². The molecule has 0 saturated carbocycles. The van der Waals surface area contributed by atoms with Crippen LogP contribution in [0.5, 0.6) is 5.75 Å². The van der Waals surface area contributed by atoms with Crippen molar-refractivity contribution < 1.29 is 19.4 Å². The zero-order chi connectivity index (χ0) is 17.6. The molecular formula is C19H20N2O4. The molecule has 3 N–H and O–H groups in total. The standard InChI is InChI=1S/C19H20N2O4/c22-11-17(13-4-2-1-3-5-13)21-19(24)12-25-15-8-6-14-7-9-18(23)20-16(14)10-15/h1-6,8,10,17,22H,7,9,11-12H2,(H,20,23)(H,21,24)/t17-/m1/s1. The van der Waals surface area contributed by atoms with Crippen molar-refractivity contribution in [2.24, 2.45) is 0 Å². The van der Waals surface area contributed by atoms with Crippen LogP contribution in [0.1, 0.15) is 23.6 Å². The number of hydrogen-bond donors (Lipinski definition) is 3. The van der Waals surface area contributed by atoms with E-state index in [9.17, 15) is 14.7 Å².